The quantitative estimate of drug-likeness (QED) is 0.684. The van der Waals surface area contributed by atoms with E-state index >= 15 is 0 Å². The molecule has 1 aliphatic rings. The molecule has 0 unspecified atom stereocenters. The van der Waals surface area contributed by atoms with Crippen LogP contribution in [0.5, 0.6) is 0 Å². The molecule has 0 aromatic carbocycles. The molecule has 1 fully saturated rings. The number of carbonyl (C=O) groups excluding carboxylic acids is 1. The van der Waals surface area contributed by atoms with Gasteiger partial charge < -0.3 is 10.1 Å². The number of rotatable bonds is 4. The molecule has 3 rings (SSSR count). The Hall–Kier alpha value is -1.40. The number of ether oxygens (including phenoxy) is 1. The Bertz CT molecular complexity index is 710. The van der Waals surface area contributed by atoms with Gasteiger partial charge in [-0.2, -0.15) is 0 Å². The maximum Gasteiger partial charge on any atom is 0.348 e. The lowest BCUT2D eigenvalue weighted by atomic mass is 10.2. The summed E-state index contributed by atoms with van der Waals surface area (Å²) < 4.78 is 5.28. The van der Waals surface area contributed by atoms with Crippen LogP contribution in [0.3, 0.4) is 0 Å². The predicted molar refractivity (Wildman–Crippen MR) is 84.4 cm³/mol. The van der Waals surface area contributed by atoms with Gasteiger partial charge in [-0.15, -0.1) is 11.3 Å². The fraction of sp³-hybridized carbons (Fsp3) is 0.500. The third kappa shape index (κ3) is 2.96. The molecular formula is C14H16ClN3O2S. The second kappa shape index (κ2) is 5.42. The van der Waals surface area contributed by atoms with Crippen molar-refractivity contribution in [3.05, 3.63) is 15.7 Å². The predicted octanol–water partition coefficient (Wildman–Crippen LogP) is 3.79. The molecule has 112 valence electrons. The molecule has 5 nitrogen and oxygen atoms in total. The first-order valence-electron chi connectivity index (χ1n) is 6.90. The van der Waals surface area contributed by atoms with E-state index in [4.69, 9.17) is 16.3 Å². The lowest BCUT2D eigenvalue weighted by Gasteiger charge is -2.07. The number of aromatic nitrogens is 2. The van der Waals surface area contributed by atoms with Crippen molar-refractivity contribution in [2.75, 3.05) is 5.32 Å². The van der Waals surface area contributed by atoms with E-state index in [0.717, 1.165) is 23.8 Å². The smallest absolute Gasteiger partial charge is 0.348 e. The van der Waals surface area contributed by atoms with Crippen molar-refractivity contribution in [1.29, 1.82) is 0 Å². The Morgan fingerprint density at radius 2 is 2.14 bits per heavy atom. The van der Waals surface area contributed by atoms with Crippen molar-refractivity contribution in [3.63, 3.8) is 0 Å². The van der Waals surface area contributed by atoms with Gasteiger partial charge >= 0.3 is 5.97 Å². The molecule has 2 aromatic heterocycles. The minimum Gasteiger partial charge on any atom is -0.459 e. The third-order valence-corrected chi connectivity index (χ3v) is 4.54. The molecular weight excluding hydrogens is 310 g/mol. The normalized spacial score (nSPS) is 14.7. The Balaban J connectivity index is 2.07. The molecule has 1 saturated carbocycles. The van der Waals surface area contributed by atoms with Gasteiger partial charge in [0.1, 0.15) is 15.5 Å². The first kappa shape index (κ1) is 14.5. The van der Waals surface area contributed by atoms with E-state index in [1.165, 1.54) is 11.3 Å². The summed E-state index contributed by atoms with van der Waals surface area (Å²) >= 11 is 7.28. The second-order valence-electron chi connectivity index (χ2n) is 5.45. The second-order valence-corrected chi connectivity index (χ2v) is 6.79. The number of hydrogen-bond donors (Lipinski definition) is 1. The molecule has 2 aromatic rings. The summed E-state index contributed by atoms with van der Waals surface area (Å²) in [6.45, 7) is 5.56. The Labute approximate surface area is 131 Å². The molecule has 0 bridgehead atoms. The van der Waals surface area contributed by atoms with Gasteiger partial charge in [-0.1, -0.05) is 0 Å². The van der Waals surface area contributed by atoms with Crippen LogP contribution in [0.4, 0.5) is 5.82 Å². The molecule has 0 aliphatic heterocycles. The monoisotopic (exact) mass is 325 g/mol. The van der Waals surface area contributed by atoms with Gasteiger partial charge in [0.2, 0.25) is 5.28 Å². The van der Waals surface area contributed by atoms with Crippen LogP contribution in [0.2, 0.25) is 5.28 Å². The van der Waals surface area contributed by atoms with E-state index in [1.807, 2.05) is 20.8 Å². The van der Waals surface area contributed by atoms with E-state index in [1.54, 1.807) is 0 Å². The highest BCUT2D eigenvalue weighted by molar-refractivity contribution is 7.20. The van der Waals surface area contributed by atoms with E-state index < -0.39 is 0 Å². The van der Waals surface area contributed by atoms with Crippen molar-refractivity contribution in [2.45, 2.75) is 45.8 Å². The van der Waals surface area contributed by atoms with Crippen molar-refractivity contribution < 1.29 is 9.53 Å². The van der Waals surface area contributed by atoms with Crippen LogP contribution in [0.15, 0.2) is 0 Å². The lowest BCUT2D eigenvalue weighted by molar-refractivity contribution is 0.0383. The van der Waals surface area contributed by atoms with Gasteiger partial charge in [0.25, 0.3) is 0 Å². The van der Waals surface area contributed by atoms with Gasteiger partial charge in [0, 0.05) is 6.04 Å². The SMILES string of the molecule is Cc1c(C(=O)OC(C)C)sc2nc(Cl)nc(NC3CC3)c12. The summed E-state index contributed by atoms with van der Waals surface area (Å²) in [7, 11) is 0. The van der Waals surface area contributed by atoms with Crippen molar-refractivity contribution in [2.24, 2.45) is 0 Å². The number of anilines is 1. The Kier molecular flexibility index (Phi) is 3.75. The Morgan fingerprint density at radius 3 is 2.76 bits per heavy atom. The van der Waals surface area contributed by atoms with Crippen molar-refractivity contribution >= 4 is 44.9 Å². The molecule has 0 radical (unpaired) electrons. The van der Waals surface area contributed by atoms with Crippen LogP contribution in [0.1, 0.15) is 41.9 Å². The molecule has 2 heterocycles. The highest BCUT2D eigenvalue weighted by Crippen LogP contribution is 2.37. The number of nitrogens with one attached hydrogen (secondary N) is 1. The highest BCUT2D eigenvalue weighted by Gasteiger charge is 2.26. The zero-order chi connectivity index (χ0) is 15.1. The largest absolute Gasteiger partial charge is 0.459 e. The topological polar surface area (TPSA) is 64.1 Å². The molecule has 0 atom stereocenters. The summed E-state index contributed by atoms with van der Waals surface area (Å²) in [6.07, 6.45) is 2.11. The van der Waals surface area contributed by atoms with E-state index in [0.29, 0.717) is 21.6 Å². The first-order chi connectivity index (χ1) is 9.95. The number of hydrogen-bond acceptors (Lipinski definition) is 6. The van der Waals surface area contributed by atoms with Crippen LogP contribution < -0.4 is 5.32 Å². The Morgan fingerprint density at radius 1 is 1.43 bits per heavy atom. The minimum atomic E-state index is -0.320. The van der Waals surface area contributed by atoms with Gasteiger partial charge in [-0.25, -0.2) is 14.8 Å². The fourth-order valence-electron chi connectivity index (χ4n) is 2.10. The summed E-state index contributed by atoms with van der Waals surface area (Å²) in [5.41, 5.74) is 0.848. The zero-order valence-electron chi connectivity index (χ0n) is 12.1. The van der Waals surface area contributed by atoms with Gasteiger partial charge in [-0.05, 0) is 50.8 Å². The number of aryl methyl sites for hydroxylation is 1. The number of fused-ring (bicyclic) bond motifs is 1. The van der Waals surface area contributed by atoms with Crippen LogP contribution in [-0.2, 0) is 4.74 Å². The van der Waals surface area contributed by atoms with Crippen molar-refractivity contribution in [3.8, 4) is 0 Å². The maximum atomic E-state index is 12.2. The molecule has 0 spiro atoms. The van der Waals surface area contributed by atoms with Crippen LogP contribution >= 0.6 is 22.9 Å². The first-order valence-corrected chi connectivity index (χ1v) is 8.09. The minimum absolute atomic E-state index is 0.152. The third-order valence-electron chi connectivity index (χ3n) is 3.21. The summed E-state index contributed by atoms with van der Waals surface area (Å²) in [4.78, 5) is 21.9. The standard InChI is InChI=1S/C14H16ClN3O2S/c1-6(2)20-13(19)10-7(3)9-11(16-8-4-5-8)17-14(15)18-12(9)21-10/h6,8H,4-5H2,1-3H3,(H,16,17,18). The van der Waals surface area contributed by atoms with Crippen LogP contribution in [-0.4, -0.2) is 28.1 Å². The molecule has 21 heavy (non-hydrogen) atoms. The number of thiophene rings is 1. The number of halogens is 1. The van der Waals surface area contributed by atoms with E-state index in [9.17, 15) is 4.79 Å². The number of esters is 1. The summed E-state index contributed by atoms with van der Waals surface area (Å²) in [5, 5.41) is 4.41. The summed E-state index contributed by atoms with van der Waals surface area (Å²) in [6, 6.07) is 0.449. The van der Waals surface area contributed by atoms with Crippen molar-refractivity contribution in [1.82, 2.24) is 9.97 Å². The molecule has 7 heteroatoms. The lowest BCUT2D eigenvalue weighted by Crippen LogP contribution is -2.11. The van der Waals surface area contributed by atoms with E-state index in [-0.39, 0.29) is 17.4 Å². The molecule has 1 N–H and O–H groups in total. The van der Waals surface area contributed by atoms with Crippen LogP contribution in [0.25, 0.3) is 10.2 Å². The zero-order valence-corrected chi connectivity index (χ0v) is 13.6. The molecule has 0 amide bonds. The van der Waals surface area contributed by atoms with Gasteiger partial charge in [-0.3, -0.25) is 0 Å². The van der Waals surface area contributed by atoms with Gasteiger partial charge in [0.05, 0.1) is 11.5 Å². The molecule has 1 aliphatic carbocycles. The number of carbonyl (C=O) groups is 1. The van der Waals surface area contributed by atoms with Crippen LogP contribution in [0, 0.1) is 6.92 Å². The fourth-order valence-corrected chi connectivity index (χ4v) is 3.38. The summed E-state index contributed by atoms with van der Waals surface area (Å²) in [5.74, 6) is 0.392. The van der Waals surface area contributed by atoms with Gasteiger partial charge in [0.15, 0.2) is 0 Å². The maximum absolute atomic E-state index is 12.2. The number of nitrogens with zero attached hydrogens (tertiary/aromatic N) is 2. The average Bonchev–Trinajstić information content (AvgIpc) is 3.11. The molecule has 0 saturated heterocycles. The highest BCUT2D eigenvalue weighted by atomic mass is 35.5. The average molecular weight is 326 g/mol. The van der Waals surface area contributed by atoms with E-state index in [2.05, 4.69) is 15.3 Å².